The Morgan fingerprint density at radius 2 is 1.59 bits per heavy atom. The van der Waals surface area contributed by atoms with Crippen LogP contribution in [0.2, 0.25) is 0 Å². The Kier molecular flexibility index (Phi) is 20.7. The van der Waals surface area contributed by atoms with Gasteiger partial charge >= 0.3 is 13.8 Å². The van der Waals surface area contributed by atoms with Gasteiger partial charge in [-0.05, 0) is 25.7 Å². The molecule has 0 aliphatic rings. The molecule has 0 aromatic rings. The highest BCUT2D eigenvalue weighted by atomic mass is 31.2. The number of rotatable bonds is 21. The van der Waals surface area contributed by atoms with Gasteiger partial charge in [-0.15, -0.1) is 0 Å². The number of aliphatic hydroxyl groups excluding tert-OH is 1. The zero-order valence-electron chi connectivity index (χ0n) is 19.4. The maximum atomic E-state index is 11.9. The van der Waals surface area contributed by atoms with Crippen LogP contribution in [0.1, 0.15) is 71.1 Å². The molecule has 0 spiro atoms. The van der Waals surface area contributed by atoms with Crippen molar-refractivity contribution in [3.8, 4) is 0 Å². The van der Waals surface area contributed by atoms with E-state index in [1.807, 2.05) is 6.08 Å². The lowest BCUT2D eigenvalue weighted by atomic mass is 10.1. The van der Waals surface area contributed by atoms with Crippen LogP contribution in [0.3, 0.4) is 0 Å². The van der Waals surface area contributed by atoms with Gasteiger partial charge in [-0.2, -0.15) is 0 Å². The average Bonchev–Trinajstić information content (AvgIpc) is 2.77. The van der Waals surface area contributed by atoms with Crippen LogP contribution in [0.5, 0.6) is 0 Å². The Balaban J connectivity index is 3.75. The second kappa shape index (κ2) is 21.6. The summed E-state index contributed by atoms with van der Waals surface area (Å²) < 4.78 is 25.9. The number of unbranched alkanes of at least 4 members (excludes halogenated alkanes) is 7. The maximum Gasteiger partial charge on any atom is 0.472 e. The van der Waals surface area contributed by atoms with Crippen LogP contribution in [0.15, 0.2) is 36.5 Å². The Bertz CT molecular complexity index is 593. The molecule has 0 rings (SSSR count). The summed E-state index contributed by atoms with van der Waals surface area (Å²) in [6.07, 6.45) is 21.3. The van der Waals surface area contributed by atoms with Gasteiger partial charge in [0.25, 0.3) is 0 Å². The molecule has 0 heterocycles. The number of hydrogen-bond donors (Lipinski definition) is 3. The highest BCUT2D eigenvalue weighted by Gasteiger charge is 2.24. The molecule has 0 bridgehead atoms. The number of hydrogen-bond acceptors (Lipinski definition) is 7. The van der Waals surface area contributed by atoms with E-state index in [4.69, 9.17) is 15.0 Å². The van der Waals surface area contributed by atoms with Crippen LogP contribution in [0, 0.1) is 0 Å². The average molecular weight is 476 g/mol. The number of ether oxygens (including phenoxy) is 1. The highest BCUT2D eigenvalue weighted by Crippen LogP contribution is 2.42. The number of carbonyl (C=O) groups excluding carboxylic acids is 1. The molecule has 186 valence electrons. The SMILES string of the molecule is CCCC/C=C/C=C/C=C\CCCCCCCC(=O)OC(CO)COP(=O)(O)OCCN. The first kappa shape index (κ1) is 30.7. The molecule has 9 heteroatoms. The molecule has 0 amide bonds. The molecule has 0 saturated carbocycles. The van der Waals surface area contributed by atoms with Gasteiger partial charge in [0.05, 0.1) is 19.8 Å². The topological polar surface area (TPSA) is 128 Å². The molecule has 0 saturated heterocycles. The molecule has 8 nitrogen and oxygen atoms in total. The van der Waals surface area contributed by atoms with Crippen molar-refractivity contribution in [2.45, 2.75) is 77.2 Å². The molecule has 4 N–H and O–H groups in total. The summed E-state index contributed by atoms with van der Waals surface area (Å²) in [5.41, 5.74) is 5.18. The lowest BCUT2D eigenvalue weighted by molar-refractivity contribution is -0.153. The number of esters is 1. The molecular formula is C23H42NO7P. The van der Waals surface area contributed by atoms with Crippen LogP contribution < -0.4 is 5.73 Å². The van der Waals surface area contributed by atoms with Crippen molar-refractivity contribution in [2.24, 2.45) is 5.73 Å². The molecule has 2 unspecified atom stereocenters. The first-order chi connectivity index (χ1) is 15.4. The fourth-order valence-corrected chi connectivity index (χ4v) is 3.38. The molecule has 0 radical (unpaired) electrons. The quantitative estimate of drug-likeness (QED) is 0.0953. The predicted molar refractivity (Wildman–Crippen MR) is 127 cm³/mol. The van der Waals surface area contributed by atoms with E-state index in [1.165, 1.54) is 12.8 Å². The summed E-state index contributed by atoms with van der Waals surface area (Å²) >= 11 is 0. The van der Waals surface area contributed by atoms with E-state index in [1.54, 1.807) is 0 Å². The van der Waals surface area contributed by atoms with Crippen molar-refractivity contribution < 1.29 is 33.1 Å². The number of carbonyl (C=O) groups is 1. The highest BCUT2D eigenvalue weighted by molar-refractivity contribution is 7.47. The van der Waals surface area contributed by atoms with E-state index >= 15 is 0 Å². The van der Waals surface area contributed by atoms with Gasteiger partial charge in [0, 0.05) is 13.0 Å². The summed E-state index contributed by atoms with van der Waals surface area (Å²) in [7, 11) is -4.27. The zero-order valence-corrected chi connectivity index (χ0v) is 20.3. The minimum atomic E-state index is -4.27. The van der Waals surface area contributed by atoms with Crippen LogP contribution in [0.25, 0.3) is 0 Å². The van der Waals surface area contributed by atoms with E-state index in [2.05, 4.69) is 41.8 Å². The lowest BCUT2D eigenvalue weighted by Crippen LogP contribution is -2.27. The van der Waals surface area contributed by atoms with E-state index in [0.717, 1.165) is 38.5 Å². The van der Waals surface area contributed by atoms with Crippen LogP contribution >= 0.6 is 7.82 Å². The second-order valence-corrected chi connectivity index (χ2v) is 8.82. The lowest BCUT2D eigenvalue weighted by Gasteiger charge is -2.17. The number of phosphoric acid groups is 1. The standard InChI is InChI=1S/C23H42NO7P/c1-2-3-4-5-6-7-8-9-10-11-12-13-14-15-16-17-23(26)31-22(20-25)21-30-32(27,28)29-19-18-24/h5-10,22,25H,2-4,11-21,24H2,1H3,(H,27,28)/b6-5+,8-7+,10-9-. The van der Waals surface area contributed by atoms with Crippen LogP contribution in [0.4, 0.5) is 0 Å². The summed E-state index contributed by atoms with van der Waals surface area (Å²) in [6, 6.07) is 0. The molecule has 0 aromatic carbocycles. The van der Waals surface area contributed by atoms with E-state index in [9.17, 15) is 19.4 Å². The number of phosphoric ester groups is 1. The fraction of sp³-hybridized carbons (Fsp3) is 0.696. The minimum absolute atomic E-state index is 0.0669. The third kappa shape index (κ3) is 20.6. The molecule has 2 atom stereocenters. The smallest absolute Gasteiger partial charge is 0.457 e. The first-order valence-electron chi connectivity index (χ1n) is 11.6. The summed E-state index contributed by atoms with van der Waals surface area (Å²) in [5.74, 6) is -0.471. The fourth-order valence-electron chi connectivity index (χ4n) is 2.61. The molecule has 0 aliphatic heterocycles. The van der Waals surface area contributed by atoms with Gasteiger partial charge in [0.15, 0.2) is 0 Å². The normalized spacial score (nSPS) is 15.0. The van der Waals surface area contributed by atoms with Gasteiger partial charge in [0.1, 0.15) is 6.10 Å². The maximum absolute atomic E-state index is 11.9. The molecule has 0 aliphatic carbocycles. The van der Waals surface area contributed by atoms with Crippen LogP contribution in [-0.2, 0) is 23.1 Å². The number of allylic oxidation sites excluding steroid dienone is 6. The van der Waals surface area contributed by atoms with Gasteiger partial charge in [-0.1, -0.05) is 75.5 Å². The monoisotopic (exact) mass is 475 g/mol. The first-order valence-corrected chi connectivity index (χ1v) is 13.0. The van der Waals surface area contributed by atoms with Gasteiger partial charge in [-0.3, -0.25) is 13.8 Å². The predicted octanol–water partition coefficient (Wildman–Crippen LogP) is 4.57. The van der Waals surface area contributed by atoms with Gasteiger partial charge in [0.2, 0.25) is 0 Å². The number of aliphatic hydroxyl groups is 1. The Labute approximate surface area is 193 Å². The van der Waals surface area contributed by atoms with Crippen molar-refractivity contribution >= 4 is 13.8 Å². The van der Waals surface area contributed by atoms with Crippen molar-refractivity contribution in [2.75, 3.05) is 26.4 Å². The van der Waals surface area contributed by atoms with Gasteiger partial charge in [-0.25, -0.2) is 4.57 Å². The van der Waals surface area contributed by atoms with E-state index in [-0.39, 0.29) is 19.6 Å². The summed E-state index contributed by atoms with van der Waals surface area (Å²) in [4.78, 5) is 21.3. The Morgan fingerprint density at radius 1 is 0.969 bits per heavy atom. The zero-order chi connectivity index (χ0) is 23.9. The van der Waals surface area contributed by atoms with Crippen molar-refractivity contribution in [3.05, 3.63) is 36.5 Å². The third-order valence-corrected chi connectivity index (χ3v) is 5.36. The Hall–Kier alpha value is -1.28. The molecular weight excluding hydrogens is 433 g/mol. The van der Waals surface area contributed by atoms with Gasteiger partial charge < -0.3 is 20.5 Å². The third-order valence-electron chi connectivity index (χ3n) is 4.38. The molecule has 0 aromatic heterocycles. The number of nitrogens with two attached hydrogens (primary N) is 1. The molecule has 0 fully saturated rings. The van der Waals surface area contributed by atoms with E-state index < -0.39 is 33.1 Å². The van der Waals surface area contributed by atoms with Crippen molar-refractivity contribution in [1.82, 2.24) is 0 Å². The largest absolute Gasteiger partial charge is 0.472 e. The Morgan fingerprint density at radius 3 is 2.22 bits per heavy atom. The minimum Gasteiger partial charge on any atom is -0.457 e. The summed E-state index contributed by atoms with van der Waals surface area (Å²) in [5, 5.41) is 9.25. The molecule has 32 heavy (non-hydrogen) atoms. The van der Waals surface area contributed by atoms with Crippen molar-refractivity contribution in [1.29, 1.82) is 0 Å². The van der Waals surface area contributed by atoms with Crippen molar-refractivity contribution in [3.63, 3.8) is 0 Å². The van der Waals surface area contributed by atoms with Crippen LogP contribution in [-0.4, -0.2) is 48.4 Å². The van der Waals surface area contributed by atoms with E-state index in [0.29, 0.717) is 6.42 Å². The second-order valence-electron chi connectivity index (χ2n) is 7.37. The summed E-state index contributed by atoms with van der Waals surface area (Å²) in [6.45, 7) is 1.17.